The van der Waals surface area contributed by atoms with Crippen LogP contribution in [0.15, 0.2) is 43.2 Å². The first-order valence-corrected chi connectivity index (χ1v) is 14.6. The van der Waals surface area contributed by atoms with Crippen molar-refractivity contribution in [2.75, 3.05) is 31.2 Å². The lowest BCUT2D eigenvalue weighted by Crippen LogP contribution is -2.37. The first-order chi connectivity index (χ1) is 20.9. The highest BCUT2D eigenvalue weighted by atomic mass is 16.6. The van der Waals surface area contributed by atoms with Crippen LogP contribution in [0, 0.1) is 10.1 Å². The van der Waals surface area contributed by atoms with E-state index in [1.807, 2.05) is 18.6 Å². The van der Waals surface area contributed by atoms with Gasteiger partial charge in [-0.3, -0.25) is 4.98 Å². The molecule has 0 spiro atoms. The fourth-order valence-electron chi connectivity index (χ4n) is 5.98. The Morgan fingerprint density at radius 2 is 1.79 bits per heavy atom. The number of anilines is 1. The summed E-state index contributed by atoms with van der Waals surface area (Å²) in [6.07, 6.45) is 13.7. The van der Waals surface area contributed by atoms with Crippen molar-refractivity contribution in [3.63, 3.8) is 0 Å². The highest BCUT2D eigenvalue weighted by Crippen LogP contribution is 2.42. The summed E-state index contributed by atoms with van der Waals surface area (Å²) in [4.78, 5) is 30.9. The zero-order chi connectivity index (χ0) is 29.6. The number of ether oxygens (including phenoxy) is 3. The zero-order valence-corrected chi connectivity index (χ0v) is 23.6. The molecular formula is C28H30B2N8O5. The van der Waals surface area contributed by atoms with Gasteiger partial charge in [0.05, 0.1) is 48.1 Å². The standard InChI is InChI=1S/C28H30B2N8O5/c29-28(30,24-16-33-27(38(39)40)37(24)19-1-2-19)43-21-13-22-23(32-15-21)14-25(35-9-11-41-12-10-35)34-26(22)42-20-5-3-18(4-6-20)36-8-7-31-17-36/h7-8,13-20H,1-6,9-12H2. The average Bonchev–Trinajstić information content (AvgIpc) is 3.49. The Morgan fingerprint density at radius 1 is 1.02 bits per heavy atom. The van der Waals surface area contributed by atoms with Crippen LogP contribution in [0.5, 0.6) is 11.6 Å². The topological polar surface area (TPSA) is 135 Å². The Morgan fingerprint density at radius 3 is 2.49 bits per heavy atom. The van der Waals surface area contributed by atoms with Gasteiger partial charge in [0.2, 0.25) is 5.88 Å². The normalized spacial score (nSPS) is 21.2. The van der Waals surface area contributed by atoms with Crippen LogP contribution in [0.4, 0.5) is 11.8 Å². The van der Waals surface area contributed by atoms with Crippen LogP contribution in [0.25, 0.3) is 10.9 Å². The number of imidazole rings is 2. The number of nitrogens with zero attached hydrogens (tertiary/aromatic N) is 8. The zero-order valence-electron chi connectivity index (χ0n) is 23.6. The number of pyridine rings is 2. The molecular weight excluding hydrogens is 550 g/mol. The Bertz CT molecular complexity index is 1610. The van der Waals surface area contributed by atoms with E-state index in [2.05, 4.69) is 24.4 Å². The summed E-state index contributed by atoms with van der Waals surface area (Å²) < 4.78 is 21.8. The molecule has 7 rings (SSSR count). The molecule has 15 heteroatoms. The SMILES string of the molecule is [B]C([B])(Oc1cnc2cc(N3CCOCC3)nc(OC3CCC(n4ccnc4)CC3)c2c1)c1cnc([N+](=O)[O-])n1C1CC1. The van der Waals surface area contributed by atoms with Crippen LogP contribution in [0.3, 0.4) is 0 Å². The van der Waals surface area contributed by atoms with Crippen molar-refractivity contribution in [2.24, 2.45) is 0 Å². The third kappa shape index (κ3) is 5.65. The van der Waals surface area contributed by atoms with E-state index in [1.54, 1.807) is 12.3 Å². The summed E-state index contributed by atoms with van der Waals surface area (Å²) in [5.74, 6) is 1.20. The molecule has 4 aromatic rings. The number of morpholine rings is 1. The lowest BCUT2D eigenvalue weighted by molar-refractivity contribution is -0.396. The molecule has 1 saturated heterocycles. The Balaban J connectivity index is 1.18. The van der Waals surface area contributed by atoms with E-state index < -0.39 is 10.3 Å². The Kier molecular flexibility index (Phi) is 7.20. The lowest BCUT2D eigenvalue weighted by atomic mass is 9.63. The molecule has 4 radical (unpaired) electrons. The van der Waals surface area contributed by atoms with Gasteiger partial charge in [-0.25, -0.2) is 9.55 Å². The summed E-state index contributed by atoms with van der Waals surface area (Å²) in [5.41, 5.74) is 0.901. The van der Waals surface area contributed by atoms with Crippen LogP contribution in [0.2, 0.25) is 0 Å². The molecule has 3 aliphatic rings. The first kappa shape index (κ1) is 27.7. The Labute approximate surface area is 250 Å². The van der Waals surface area contributed by atoms with Gasteiger partial charge in [0, 0.05) is 37.6 Å². The molecule has 218 valence electrons. The molecule has 2 aliphatic carbocycles. The monoisotopic (exact) mass is 580 g/mol. The lowest BCUT2D eigenvalue weighted by Gasteiger charge is -2.31. The number of rotatable bonds is 9. The number of hydrogen-bond donors (Lipinski definition) is 0. The van der Waals surface area contributed by atoms with Crippen molar-refractivity contribution in [1.29, 1.82) is 0 Å². The van der Waals surface area contributed by atoms with Gasteiger partial charge in [-0.15, -0.1) is 0 Å². The number of nitro groups is 1. The van der Waals surface area contributed by atoms with E-state index in [4.69, 9.17) is 34.9 Å². The summed E-state index contributed by atoms with van der Waals surface area (Å²) in [5, 5.41) is 10.3. The van der Waals surface area contributed by atoms with Gasteiger partial charge in [0.15, 0.2) is 0 Å². The van der Waals surface area contributed by atoms with Crippen molar-refractivity contribution >= 4 is 38.4 Å². The molecule has 2 saturated carbocycles. The molecule has 0 N–H and O–H groups in total. The van der Waals surface area contributed by atoms with E-state index >= 15 is 0 Å². The summed E-state index contributed by atoms with van der Waals surface area (Å²) in [6.45, 7) is 2.69. The molecule has 0 aromatic carbocycles. The second kappa shape index (κ2) is 11.2. The quantitative estimate of drug-likeness (QED) is 0.165. The molecule has 0 bridgehead atoms. The van der Waals surface area contributed by atoms with Gasteiger partial charge in [0.1, 0.15) is 45.3 Å². The van der Waals surface area contributed by atoms with Crippen LogP contribution < -0.4 is 14.4 Å². The van der Waals surface area contributed by atoms with Crippen LogP contribution in [0.1, 0.15) is 56.3 Å². The third-order valence-corrected chi connectivity index (χ3v) is 8.35. The largest absolute Gasteiger partial charge is 0.498 e. The predicted molar refractivity (Wildman–Crippen MR) is 158 cm³/mol. The predicted octanol–water partition coefficient (Wildman–Crippen LogP) is 3.19. The second-order valence-corrected chi connectivity index (χ2v) is 11.4. The molecule has 43 heavy (non-hydrogen) atoms. The van der Waals surface area contributed by atoms with Crippen LogP contribution in [-0.4, -0.2) is 82.1 Å². The number of fused-ring (bicyclic) bond motifs is 1. The molecule has 5 heterocycles. The molecule has 13 nitrogen and oxygen atoms in total. The minimum atomic E-state index is -1.90. The highest BCUT2D eigenvalue weighted by Gasteiger charge is 2.41. The molecule has 0 amide bonds. The van der Waals surface area contributed by atoms with Gasteiger partial charge in [-0.2, -0.15) is 4.98 Å². The first-order valence-electron chi connectivity index (χ1n) is 14.6. The van der Waals surface area contributed by atoms with Gasteiger partial charge < -0.3 is 33.8 Å². The molecule has 0 atom stereocenters. The smallest absolute Gasteiger partial charge is 0.435 e. The van der Waals surface area contributed by atoms with Crippen molar-refractivity contribution in [1.82, 2.24) is 29.1 Å². The maximum atomic E-state index is 11.6. The molecule has 3 fully saturated rings. The fraction of sp³-hybridized carbons (Fsp3) is 0.500. The molecule has 1 aliphatic heterocycles. The minimum absolute atomic E-state index is 0.0171. The van der Waals surface area contributed by atoms with Gasteiger partial charge in [-0.1, -0.05) is 4.98 Å². The average molecular weight is 580 g/mol. The summed E-state index contributed by atoms with van der Waals surface area (Å²) >= 11 is 0. The van der Waals surface area contributed by atoms with Gasteiger partial charge >= 0.3 is 5.95 Å². The van der Waals surface area contributed by atoms with E-state index in [0.717, 1.165) is 57.4 Å². The van der Waals surface area contributed by atoms with Gasteiger partial charge in [-0.05, 0) is 49.5 Å². The maximum Gasteiger partial charge on any atom is 0.435 e. The van der Waals surface area contributed by atoms with E-state index in [9.17, 15) is 10.1 Å². The molecule has 4 aromatic heterocycles. The number of hydrogen-bond acceptors (Lipinski definition) is 10. The van der Waals surface area contributed by atoms with E-state index in [0.29, 0.717) is 36.0 Å². The third-order valence-electron chi connectivity index (χ3n) is 8.35. The second-order valence-electron chi connectivity index (χ2n) is 11.4. The van der Waals surface area contributed by atoms with Crippen LogP contribution >= 0.6 is 0 Å². The summed E-state index contributed by atoms with van der Waals surface area (Å²) in [7, 11) is 12.9. The van der Waals surface area contributed by atoms with Crippen molar-refractivity contribution in [2.45, 2.75) is 62.1 Å². The van der Waals surface area contributed by atoms with Crippen molar-refractivity contribution in [3.05, 3.63) is 59.1 Å². The van der Waals surface area contributed by atoms with E-state index in [-0.39, 0.29) is 29.5 Å². The Hall–Kier alpha value is -4.13. The minimum Gasteiger partial charge on any atom is -0.498 e. The maximum absolute atomic E-state index is 11.6. The fourth-order valence-corrected chi connectivity index (χ4v) is 5.98. The highest BCUT2D eigenvalue weighted by molar-refractivity contribution is 6.38. The van der Waals surface area contributed by atoms with Crippen molar-refractivity contribution < 1.29 is 19.1 Å². The molecule has 0 unspecified atom stereocenters. The number of aromatic nitrogens is 6. The summed E-state index contributed by atoms with van der Waals surface area (Å²) in [6, 6.07) is 3.99. The van der Waals surface area contributed by atoms with Gasteiger partial charge in [0.25, 0.3) is 0 Å². The van der Waals surface area contributed by atoms with Crippen LogP contribution in [-0.2, 0) is 10.1 Å². The van der Waals surface area contributed by atoms with E-state index in [1.165, 1.54) is 17.0 Å². The van der Waals surface area contributed by atoms with Crippen molar-refractivity contribution in [3.8, 4) is 11.6 Å².